The van der Waals surface area contributed by atoms with Crippen LogP contribution in [0.2, 0.25) is 0 Å². The number of amides is 2. The van der Waals surface area contributed by atoms with Gasteiger partial charge in [-0.2, -0.15) is 0 Å². The molecule has 3 rings (SSSR count). The van der Waals surface area contributed by atoms with Crippen molar-refractivity contribution < 1.29 is 19.0 Å². The number of piperidine rings is 1. The molecule has 0 saturated carbocycles. The highest BCUT2D eigenvalue weighted by Crippen LogP contribution is 2.27. The van der Waals surface area contributed by atoms with Crippen LogP contribution in [0, 0.1) is 0 Å². The van der Waals surface area contributed by atoms with Crippen molar-refractivity contribution in [3.05, 3.63) is 35.9 Å². The summed E-state index contributed by atoms with van der Waals surface area (Å²) in [6.07, 6.45) is 1.64. The number of aromatic nitrogens is 2. The number of carbonyl (C=O) groups excluding carboxylic acids is 1. The highest BCUT2D eigenvalue weighted by Gasteiger charge is 2.25. The minimum Gasteiger partial charge on any atom is -0.493 e. The number of methoxy groups -OCH3 is 2. The van der Waals surface area contributed by atoms with E-state index in [1.54, 1.807) is 25.2 Å². The number of urea groups is 1. The summed E-state index contributed by atoms with van der Waals surface area (Å²) in [6.45, 7) is 1.61. The maximum Gasteiger partial charge on any atom is 0.317 e. The monoisotopic (exact) mass is 415 g/mol. The van der Waals surface area contributed by atoms with Crippen LogP contribution in [0.1, 0.15) is 18.4 Å². The predicted octanol–water partition coefficient (Wildman–Crippen LogP) is 2.31. The predicted molar refractivity (Wildman–Crippen MR) is 113 cm³/mol. The number of carbonyl (C=O) groups is 1. The molecular weight excluding hydrogens is 386 g/mol. The second-order valence-electron chi connectivity index (χ2n) is 7.30. The van der Waals surface area contributed by atoms with Gasteiger partial charge in [-0.15, -0.1) is 10.2 Å². The molecule has 0 aliphatic carbocycles. The van der Waals surface area contributed by atoms with Crippen LogP contribution in [-0.4, -0.2) is 68.6 Å². The number of nitrogens with one attached hydrogen (secondary N) is 1. The Balaban J connectivity index is 1.52. The van der Waals surface area contributed by atoms with Crippen LogP contribution >= 0.6 is 0 Å². The van der Waals surface area contributed by atoms with E-state index < -0.39 is 0 Å². The van der Waals surface area contributed by atoms with Crippen molar-refractivity contribution in [2.75, 3.05) is 46.3 Å². The summed E-state index contributed by atoms with van der Waals surface area (Å²) in [7, 11) is 7.00. The lowest BCUT2D eigenvalue weighted by Crippen LogP contribution is -2.48. The van der Waals surface area contributed by atoms with E-state index in [0.717, 1.165) is 24.2 Å². The fourth-order valence-corrected chi connectivity index (χ4v) is 3.28. The van der Waals surface area contributed by atoms with Crippen molar-refractivity contribution in [1.82, 2.24) is 20.4 Å². The lowest BCUT2D eigenvalue weighted by Gasteiger charge is -2.32. The molecule has 162 valence electrons. The van der Waals surface area contributed by atoms with Gasteiger partial charge in [0.25, 0.3) is 0 Å². The minimum atomic E-state index is -0.118. The van der Waals surface area contributed by atoms with Crippen LogP contribution in [0.5, 0.6) is 17.4 Å². The second-order valence-corrected chi connectivity index (χ2v) is 7.30. The van der Waals surface area contributed by atoms with Gasteiger partial charge >= 0.3 is 6.03 Å². The fourth-order valence-electron chi connectivity index (χ4n) is 3.28. The van der Waals surface area contributed by atoms with Gasteiger partial charge < -0.3 is 29.3 Å². The van der Waals surface area contributed by atoms with Crippen LogP contribution in [0.4, 0.5) is 10.6 Å². The first kappa shape index (κ1) is 21.5. The van der Waals surface area contributed by atoms with E-state index in [-0.39, 0.29) is 12.1 Å². The second kappa shape index (κ2) is 10.00. The van der Waals surface area contributed by atoms with E-state index in [1.807, 2.05) is 43.3 Å². The Bertz CT molecular complexity index is 844. The van der Waals surface area contributed by atoms with Crippen LogP contribution in [-0.2, 0) is 6.54 Å². The van der Waals surface area contributed by atoms with Gasteiger partial charge in [-0.25, -0.2) is 4.79 Å². The molecule has 1 aliphatic rings. The van der Waals surface area contributed by atoms with Crippen molar-refractivity contribution in [2.45, 2.75) is 25.5 Å². The lowest BCUT2D eigenvalue weighted by atomic mass is 10.1. The lowest BCUT2D eigenvalue weighted by molar-refractivity contribution is 0.0969. The van der Waals surface area contributed by atoms with E-state index in [9.17, 15) is 4.79 Å². The van der Waals surface area contributed by atoms with Crippen LogP contribution in [0.25, 0.3) is 0 Å². The Morgan fingerprint density at radius 2 is 1.97 bits per heavy atom. The summed E-state index contributed by atoms with van der Waals surface area (Å²) in [5.74, 6) is 2.53. The topological polar surface area (TPSA) is 89.1 Å². The third-order valence-electron chi connectivity index (χ3n) is 4.93. The van der Waals surface area contributed by atoms with Gasteiger partial charge in [0.05, 0.1) is 20.8 Å². The number of nitrogens with zero attached hydrogens (tertiary/aromatic N) is 4. The zero-order valence-electron chi connectivity index (χ0n) is 17.9. The van der Waals surface area contributed by atoms with Crippen molar-refractivity contribution in [3.8, 4) is 17.4 Å². The zero-order valence-corrected chi connectivity index (χ0v) is 17.9. The fraction of sp³-hybridized carbons (Fsp3) is 0.476. The Labute approximate surface area is 176 Å². The van der Waals surface area contributed by atoms with Crippen molar-refractivity contribution in [1.29, 1.82) is 0 Å². The highest BCUT2D eigenvalue weighted by molar-refractivity contribution is 5.74. The average Bonchev–Trinajstić information content (AvgIpc) is 2.77. The van der Waals surface area contributed by atoms with Crippen LogP contribution < -0.4 is 24.4 Å². The molecule has 9 nitrogen and oxygen atoms in total. The highest BCUT2D eigenvalue weighted by atomic mass is 16.5. The molecule has 1 atom stereocenters. The molecular formula is C21H29N5O4. The van der Waals surface area contributed by atoms with E-state index >= 15 is 0 Å². The maximum absolute atomic E-state index is 12.6. The van der Waals surface area contributed by atoms with Gasteiger partial charge in [0.1, 0.15) is 6.10 Å². The molecule has 0 spiro atoms. The summed E-state index contributed by atoms with van der Waals surface area (Å²) in [5.41, 5.74) is 0.932. The van der Waals surface area contributed by atoms with Crippen LogP contribution in [0.3, 0.4) is 0 Å². The molecule has 1 N–H and O–H groups in total. The number of ether oxygens (including phenoxy) is 3. The Morgan fingerprint density at radius 3 is 2.63 bits per heavy atom. The Kier molecular flexibility index (Phi) is 7.16. The number of hydrogen-bond acceptors (Lipinski definition) is 7. The quantitative estimate of drug-likeness (QED) is 0.742. The summed E-state index contributed by atoms with van der Waals surface area (Å²) in [6, 6.07) is 9.13. The number of benzene rings is 1. The first-order chi connectivity index (χ1) is 14.5. The molecule has 1 aromatic heterocycles. The number of hydrogen-bond donors (Lipinski definition) is 1. The molecule has 0 radical (unpaired) electrons. The van der Waals surface area contributed by atoms with Crippen molar-refractivity contribution >= 4 is 11.8 Å². The SMILES string of the molecule is COc1ccc(CNC(=O)N2CCCC(Oc3ccc(N(C)C)nn3)C2)cc1OC. The summed E-state index contributed by atoms with van der Waals surface area (Å²) in [5, 5.41) is 11.2. The molecule has 1 unspecified atom stereocenters. The number of likely N-dealkylation sites (tertiary alicyclic amines) is 1. The maximum atomic E-state index is 12.6. The summed E-state index contributed by atoms with van der Waals surface area (Å²) in [4.78, 5) is 16.3. The Morgan fingerprint density at radius 1 is 1.17 bits per heavy atom. The third-order valence-corrected chi connectivity index (χ3v) is 4.93. The van der Waals surface area contributed by atoms with E-state index in [1.165, 1.54) is 0 Å². The van der Waals surface area contributed by atoms with Gasteiger partial charge in [0, 0.05) is 33.3 Å². The number of anilines is 1. The Hall–Kier alpha value is -3.23. The van der Waals surface area contributed by atoms with Gasteiger partial charge in [0.2, 0.25) is 5.88 Å². The van der Waals surface area contributed by atoms with Gasteiger partial charge in [0.15, 0.2) is 17.3 Å². The van der Waals surface area contributed by atoms with Crippen molar-refractivity contribution in [3.63, 3.8) is 0 Å². The van der Waals surface area contributed by atoms with Crippen molar-refractivity contribution in [2.24, 2.45) is 0 Å². The van der Waals surface area contributed by atoms with E-state index in [4.69, 9.17) is 14.2 Å². The molecule has 1 aromatic carbocycles. The smallest absolute Gasteiger partial charge is 0.317 e. The van der Waals surface area contributed by atoms with Gasteiger partial charge in [-0.1, -0.05) is 6.07 Å². The molecule has 30 heavy (non-hydrogen) atoms. The molecule has 2 aromatic rings. The summed E-state index contributed by atoms with van der Waals surface area (Å²) >= 11 is 0. The standard InChI is InChI=1S/C21H29N5O4/c1-25(2)19-9-10-20(24-23-19)30-16-6-5-11-26(14-16)21(27)22-13-15-7-8-17(28-3)18(12-15)29-4/h7-10,12,16H,5-6,11,13-14H2,1-4H3,(H,22,27). The summed E-state index contributed by atoms with van der Waals surface area (Å²) < 4.78 is 16.5. The van der Waals surface area contributed by atoms with Gasteiger partial charge in [-0.3, -0.25) is 0 Å². The molecule has 1 fully saturated rings. The minimum absolute atomic E-state index is 0.106. The number of rotatable bonds is 7. The molecule has 1 aliphatic heterocycles. The molecule has 0 bridgehead atoms. The molecule has 9 heteroatoms. The first-order valence-electron chi connectivity index (χ1n) is 9.91. The first-order valence-corrected chi connectivity index (χ1v) is 9.91. The van der Waals surface area contributed by atoms with Gasteiger partial charge in [-0.05, 0) is 36.6 Å². The largest absolute Gasteiger partial charge is 0.493 e. The zero-order chi connectivity index (χ0) is 21.5. The molecule has 1 saturated heterocycles. The normalized spacial score (nSPS) is 16.0. The average molecular weight is 415 g/mol. The molecule has 2 heterocycles. The van der Waals surface area contributed by atoms with Crippen LogP contribution in [0.15, 0.2) is 30.3 Å². The van der Waals surface area contributed by atoms with E-state index in [2.05, 4.69) is 15.5 Å². The molecule has 2 amide bonds. The van der Waals surface area contributed by atoms with E-state index in [0.29, 0.717) is 37.0 Å². The third kappa shape index (κ3) is 5.43.